The number of hydrogen-bond donors (Lipinski definition) is 3. The van der Waals surface area contributed by atoms with Gasteiger partial charge >= 0.3 is 0 Å². The fourth-order valence-electron chi connectivity index (χ4n) is 4.01. The Morgan fingerprint density at radius 1 is 1.00 bits per heavy atom. The lowest BCUT2D eigenvalue weighted by molar-refractivity contribution is -0.136. The maximum Gasteiger partial charge on any atom is 0.264 e. The molecule has 4 rings (SSSR count). The molecule has 0 radical (unpaired) electrons. The highest BCUT2D eigenvalue weighted by molar-refractivity contribution is 6.25. The van der Waals surface area contributed by atoms with Crippen LogP contribution in [0.15, 0.2) is 18.2 Å². The first-order chi connectivity index (χ1) is 15.0. The molecule has 9 heteroatoms. The fourth-order valence-corrected chi connectivity index (χ4v) is 4.01. The topological polar surface area (TPSA) is 125 Å². The average molecular weight is 426 g/mol. The minimum absolute atomic E-state index is 0.0933. The molecule has 3 aliphatic rings. The summed E-state index contributed by atoms with van der Waals surface area (Å²) in [4.78, 5) is 62.0. The second-order valence-corrected chi connectivity index (χ2v) is 8.23. The van der Waals surface area contributed by atoms with E-state index in [4.69, 9.17) is 0 Å². The van der Waals surface area contributed by atoms with Crippen LogP contribution in [0.1, 0.15) is 65.7 Å². The van der Waals surface area contributed by atoms with Gasteiger partial charge in [-0.15, -0.1) is 0 Å². The lowest BCUT2D eigenvalue weighted by Crippen LogP contribution is -2.54. The van der Waals surface area contributed by atoms with Crippen molar-refractivity contribution in [3.8, 4) is 0 Å². The largest absolute Gasteiger partial charge is 0.384 e. The maximum atomic E-state index is 13.0. The SMILES string of the molecule is O=C1CCC(N2C(=O)c3cccc(NCCCCCNC(=O)C4CC4)c3C2=O)C(=O)N1. The molecule has 1 aromatic carbocycles. The van der Waals surface area contributed by atoms with Crippen LogP contribution < -0.4 is 16.0 Å². The van der Waals surface area contributed by atoms with E-state index in [9.17, 15) is 24.0 Å². The number of piperidine rings is 1. The summed E-state index contributed by atoms with van der Waals surface area (Å²) >= 11 is 0. The van der Waals surface area contributed by atoms with Crippen molar-refractivity contribution in [2.75, 3.05) is 18.4 Å². The quantitative estimate of drug-likeness (QED) is 0.403. The van der Waals surface area contributed by atoms with E-state index in [0.29, 0.717) is 18.8 Å². The smallest absolute Gasteiger partial charge is 0.264 e. The van der Waals surface area contributed by atoms with Crippen LogP contribution in [0.5, 0.6) is 0 Å². The number of fused-ring (bicyclic) bond motifs is 1. The third kappa shape index (κ3) is 4.45. The number of amides is 5. The van der Waals surface area contributed by atoms with Crippen molar-refractivity contribution >= 4 is 35.2 Å². The zero-order chi connectivity index (χ0) is 22.0. The van der Waals surface area contributed by atoms with Gasteiger partial charge in [-0.3, -0.25) is 34.2 Å². The monoisotopic (exact) mass is 426 g/mol. The van der Waals surface area contributed by atoms with Crippen LogP contribution in [0.25, 0.3) is 0 Å². The van der Waals surface area contributed by atoms with Gasteiger partial charge in [0.25, 0.3) is 11.8 Å². The van der Waals surface area contributed by atoms with Crippen LogP contribution in [0.2, 0.25) is 0 Å². The zero-order valence-electron chi connectivity index (χ0n) is 17.2. The molecule has 0 aromatic heterocycles. The molecule has 3 N–H and O–H groups in total. The fraction of sp³-hybridized carbons (Fsp3) is 0.500. The number of imide groups is 2. The number of rotatable bonds is 9. The zero-order valence-corrected chi connectivity index (χ0v) is 17.2. The normalized spacial score (nSPS) is 20.5. The van der Waals surface area contributed by atoms with E-state index in [2.05, 4.69) is 16.0 Å². The molecular formula is C22H26N4O5. The number of carbonyl (C=O) groups excluding carboxylic acids is 5. The third-order valence-corrected chi connectivity index (χ3v) is 5.88. The lowest BCUT2D eigenvalue weighted by atomic mass is 10.0. The maximum absolute atomic E-state index is 13.0. The number of nitrogens with zero attached hydrogens (tertiary/aromatic N) is 1. The van der Waals surface area contributed by atoms with E-state index in [-0.39, 0.29) is 35.8 Å². The molecule has 1 aromatic rings. The molecule has 2 aliphatic heterocycles. The number of unbranched alkanes of at least 4 members (excludes halogenated alkanes) is 2. The molecular weight excluding hydrogens is 400 g/mol. The molecule has 5 amide bonds. The Morgan fingerprint density at radius 3 is 2.52 bits per heavy atom. The van der Waals surface area contributed by atoms with E-state index >= 15 is 0 Å². The van der Waals surface area contributed by atoms with E-state index in [1.54, 1.807) is 18.2 Å². The van der Waals surface area contributed by atoms with E-state index in [0.717, 1.165) is 37.0 Å². The Labute approximate surface area is 179 Å². The summed E-state index contributed by atoms with van der Waals surface area (Å²) in [5.74, 6) is -1.66. The molecule has 0 bridgehead atoms. The molecule has 1 saturated heterocycles. The second kappa shape index (κ2) is 8.87. The summed E-state index contributed by atoms with van der Waals surface area (Å²) in [6, 6.07) is 4.06. The minimum Gasteiger partial charge on any atom is -0.384 e. The highest BCUT2D eigenvalue weighted by Crippen LogP contribution is 2.32. The minimum atomic E-state index is -0.969. The Balaban J connectivity index is 1.31. The average Bonchev–Trinajstić information content (AvgIpc) is 3.56. The summed E-state index contributed by atoms with van der Waals surface area (Å²) in [5, 5.41) is 8.36. The molecule has 2 fully saturated rings. The van der Waals surface area contributed by atoms with Crippen LogP contribution in [-0.4, -0.2) is 53.6 Å². The van der Waals surface area contributed by atoms with Gasteiger partial charge in [-0.2, -0.15) is 0 Å². The molecule has 1 saturated carbocycles. The van der Waals surface area contributed by atoms with E-state index in [1.165, 1.54) is 0 Å². The second-order valence-electron chi connectivity index (χ2n) is 8.23. The van der Waals surface area contributed by atoms with Gasteiger partial charge in [0, 0.05) is 31.1 Å². The van der Waals surface area contributed by atoms with Crippen molar-refractivity contribution in [3.63, 3.8) is 0 Å². The summed E-state index contributed by atoms with van der Waals surface area (Å²) in [5.41, 5.74) is 1.10. The Kier molecular flexibility index (Phi) is 6.01. The molecule has 1 aliphatic carbocycles. The van der Waals surface area contributed by atoms with Gasteiger partial charge in [-0.25, -0.2) is 0 Å². The van der Waals surface area contributed by atoms with Gasteiger partial charge in [0.2, 0.25) is 17.7 Å². The molecule has 9 nitrogen and oxygen atoms in total. The van der Waals surface area contributed by atoms with Gasteiger partial charge in [0.15, 0.2) is 0 Å². The van der Waals surface area contributed by atoms with Crippen LogP contribution in [0, 0.1) is 5.92 Å². The molecule has 31 heavy (non-hydrogen) atoms. The summed E-state index contributed by atoms with van der Waals surface area (Å²) in [7, 11) is 0. The molecule has 1 unspecified atom stereocenters. The van der Waals surface area contributed by atoms with Gasteiger partial charge < -0.3 is 10.6 Å². The Morgan fingerprint density at radius 2 is 1.77 bits per heavy atom. The van der Waals surface area contributed by atoms with E-state index < -0.39 is 29.7 Å². The van der Waals surface area contributed by atoms with Crippen LogP contribution >= 0.6 is 0 Å². The van der Waals surface area contributed by atoms with Gasteiger partial charge in [0.1, 0.15) is 6.04 Å². The van der Waals surface area contributed by atoms with Crippen molar-refractivity contribution < 1.29 is 24.0 Å². The Bertz CT molecular complexity index is 940. The van der Waals surface area contributed by atoms with Crippen molar-refractivity contribution in [2.45, 2.75) is 51.0 Å². The van der Waals surface area contributed by atoms with Crippen molar-refractivity contribution in [1.29, 1.82) is 0 Å². The summed E-state index contributed by atoms with van der Waals surface area (Å²) in [6.07, 6.45) is 4.88. The number of anilines is 1. The number of hydrogen-bond acceptors (Lipinski definition) is 6. The first kappa shape index (κ1) is 21.0. The molecule has 0 spiro atoms. The van der Waals surface area contributed by atoms with Crippen LogP contribution in [0.3, 0.4) is 0 Å². The predicted octanol–water partition coefficient (Wildman–Crippen LogP) is 1.20. The number of benzene rings is 1. The third-order valence-electron chi connectivity index (χ3n) is 5.88. The Hall–Kier alpha value is -3.23. The van der Waals surface area contributed by atoms with Gasteiger partial charge in [-0.05, 0) is 50.7 Å². The first-order valence-electron chi connectivity index (χ1n) is 10.8. The van der Waals surface area contributed by atoms with Gasteiger partial charge in [-0.1, -0.05) is 6.07 Å². The summed E-state index contributed by atoms with van der Waals surface area (Å²) in [6.45, 7) is 1.29. The summed E-state index contributed by atoms with van der Waals surface area (Å²) < 4.78 is 0. The van der Waals surface area contributed by atoms with Crippen molar-refractivity contribution in [2.24, 2.45) is 5.92 Å². The van der Waals surface area contributed by atoms with Crippen LogP contribution in [-0.2, 0) is 14.4 Å². The van der Waals surface area contributed by atoms with Crippen LogP contribution in [0.4, 0.5) is 5.69 Å². The lowest BCUT2D eigenvalue weighted by Gasteiger charge is -2.27. The number of carbonyl (C=O) groups is 5. The predicted molar refractivity (Wildman–Crippen MR) is 111 cm³/mol. The standard InChI is InChI=1S/C22H26N4O5/c27-17-10-9-16(20(29)25-17)26-21(30)14-5-4-6-15(18(14)22(26)31)23-11-2-1-3-12-24-19(28)13-7-8-13/h4-6,13,16,23H,1-3,7-12H2,(H,24,28)(H,25,27,29). The molecule has 2 heterocycles. The number of nitrogens with one attached hydrogen (secondary N) is 3. The highest BCUT2D eigenvalue weighted by atomic mass is 16.2. The molecule has 1 atom stereocenters. The van der Waals surface area contributed by atoms with Gasteiger partial charge in [0.05, 0.1) is 11.1 Å². The van der Waals surface area contributed by atoms with Crippen molar-refractivity contribution in [3.05, 3.63) is 29.3 Å². The first-order valence-corrected chi connectivity index (χ1v) is 10.8. The van der Waals surface area contributed by atoms with E-state index in [1.807, 2.05) is 0 Å². The molecule has 164 valence electrons. The highest BCUT2D eigenvalue weighted by Gasteiger charge is 2.45. The van der Waals surface area contributed by atoms with Crippen molar-refractivity contribution in [1.82, 2.24) is 15.5 Å².